The number of rotatable bonds is 6. The van der Waals surface area contributed by atoms with Gasteiger partial charge < -0.3 is 20.1 Å². The fourth-order valence-corrected chi connectivity index (χ4v) is 3.94. The van der Waals surface area contributed by atoms with Crippen LogP contribution in [0.25, 0.3) is 16.9 Å². The maximum atomic E-state index is 13.6. The van der Waals surface area contributed by atoms with Gasteiger partial charge in [-0.1, -0.05) is 12.1 Å². The summed E-state index contributed by atoms with van der Waals surface area (Å²) in [6, 6.07) is 15.1. The van der Waals surface area contributed by atoms with Crippen molar-refractivity contribution >= 4 is 11.7 Å². The Morgan fingerprint density at radius 2 is 1.69 bits per heavy atom. The predicted octanol–water partition coefficient (Wildman–Crippen LogP) is 6.78. The Balaban J connectivity index is 1.86. The quantitative estimate of drug-likeness (QED) is 0.227. The summed E-state index contributed by atoms with van der Waals surface area (Å²) in [7, 11) is 0. The molecule has 0 atom stereocenters. The molecule has 0 bridgehead atoms. The van der Waals surface area contributed by atoms with Gasteiger partial charge in [0.2, 0.25) is 0 Å². The zero-order chi connectivity index (χ0) is 26.2. The van der Waals surface area contributed by atoms with Crippen LogP contribution in [-0.2, 0) is 12.8 Å². The lowest BCUT2D eigenvalue weighted by Gasteiger charge is -2.19. The summed E-state index contributed by atoms with van der Waals surface area (Å²) in [5.74, 6) is -1.42. The molecule has 0 aliphatic heterocycles. The van der Waals surface area contributed by atoms with Gasteiger partial charge in [-0.2, -0.15) is 13.2 Å². The molecule has 0 saturated carbocycles. The van der Waals surface area contributed by atoms with E-state index in [1.807, 2.05) is 0 Å². The van der Waals surface area contributed by atoms with Crippen LogP contribution in [0.15, 0.2) is 66.7 Å². The van der Waals surface area contributed by atoms with Gasteiger partial charge in [0.25, 0.3) is 0 Å². The van der Waals surface area contributed by atoms with Gasteiger partial charge in [-0.15, -0.1) is 0 Å². The van der Waals surface area contributed by atoms with Crippen LogP contribution in [0.1, 0.15) is 32.7 Å². The number of hydrogen-bond donors (Lipinski definition) is 2. The number of carboxylic acids is 1. The molecule has 0 amide bonds. The second-order valence-electron chi connectivity index (χ2n) is 8.33. The summed E-state index contributed by atoms with van der Waals surface area (Å²) in [4.78, 5) is 11.8. The number of carboxylic acid groups (broad SMARTS) is 1. The molecule has 0 radical (unpaired) electrons. The number of halogens is 4. The third kappa shape index (κ3) is 4.91. The molecule has 0 aliphatic carbocycles. The number of alkyl halides is 3. The number of nitrogen functional groups attached to an aromatic ring is 1. The van der Waals surface area contributed by atoms with E-state index in [9.17, 15) is 27.5 Å². The second kappa shape index (κ2) is 9.41. The first-order valence-electron chi connectivity index (χ1n) is 10.9. The Kier molecular flexibility index (Phi) is 6.49. The highest BCUT2D eigenvalue weighted by atomic mass is 19.4. The second-order valence-corrected chi connectivity index (χ2v) is 8.33. The zero-order valence-electron chi connectivity index (χ0n) is 19.4. The third-order valence-electron chi connectivity index (χ3n) is 5.89. The molecular weight excluding hydrogens is 476 g/mol. The van der Waals surface area contributed by atoms with Gasteiger partial charge >= 0.3 is 12.1 Å². The molecule has 0 fully saturated rings. The van der Waals surface area contributed by atoms with Crippen LogP contribution in [0.2, 0.25) is 0 Å². The molecule has 0 spiro atoms. The van der Waals surface area contributed by atoms with Crippen LogP contribution in [-0.4, -0.2) is 15.6 Å². The largest absolute Gasteiger partial charge is 0.488 e. The summed E-state index contributed by atoms with van der Waals surface area (Å²) in [6.45, 7) is 3.33. The highest BCUT2D eigenvalue weighted by molar-refractivity contribution is 5.92. The van der Waals surface area contributed by atoms with E-state index in [1.165, 1.54) is 36.4 Å². The van der Waals surface area contributed by atoms with Gasteiger partial charge in [-0.25, -0.2) is 9.18 Å². The number of aromatic nitrogens is 1. The highest BCUT2D eigenvalue weighted by Crippen LogP contribution is 2.39. The Morgan fingerprint density at radius 3 is 2.33 bits per heavy atom. The zero-order valence-corrected chi connectivity index (χ0v) is 19.4. The first-order chi connectivity index (χ1) is 17.0. The van der Waals surface area contributed by atoms with Gasteiger partial charge in [0.1, 0.15) is 18.2 Å². The van der Waals surface area contributed by atoms with Crippen LogP contribution in [0.4, 0.5) is 23.2 Å². The highest BCUT2D eigenvalue weighted by Gasteiger charge is 2.32. The minimum Gasteiger partial charge on any atom is -0.488 e. The summed E-state index contributed by atoms with van der Waals surface area (Å²) in [5.41, 5.74) is 7.97. The topological polar surface area (TPSA) is 77.5 Å². The lowest BCUT2D eigenvalue weighted by Crippen LogP contribution is -2.09. The van der Waals surface area contributed by atoms with Crippen molar-refractivity contribution in [2.24, 2.45) is 0 Å². The van der Waals surface area contributed by atoms with Crippen LogP contribution < -0.4 is 10.5 Å². The molecule has 186 valence electrons. The molecule has 3 aromatic carbocycles. The molecular formula is C27H22F4N2O3. The van der Waals surface area contributed by atoms with Crippen molar-refractivity contribution in [3.63, 3.8) is 0 Å². The van der Waals surface area contributed by atoms with Crippen LogP contribution in [0.5, 0.6) is 5.75 Å². The van der Waals surface area contributed by atoms with Gasteiger partial charge in [0, 0.05) is 22.6 Å². The number of nitrogens with two attached hydrogens (primary N) is 1. The van der Waals surface area contributed by atoms with Gasteiger partial charge in [0.15, 0.2) is 0 Å². The van der Waals surface area contributed by atoms with Gasteiger partial charge in [-0.3, -0.25) is 0 Å². The SMILES string of the molecule is Cc1c(N)cc(-n2c(C)ccc2-c2cc(C(F)(F)F)ccc2OCc2ccc(F)cc2)cc1C(=O)O. The molecule has 3 N–H and O–H groups in total. The lowest BCUT2D eigenvalue weighted by atomic mass is 10.0. The molecule has 4 rings (SSSR count). The molecule has 0 saturated heterocycles. The van der Waals surface area contributed by atoms with E-state index in [1.54, 1.807) is 36.6 Å². The summed E-state index contributed by atoms with van der Waals surface area (Å²) in [5, 5.41) is 9.60. The van der Waals surface area contributed by atoms with Crippen molar-refractivity contribution in [1.82, 2.24) is 4.57 Å². The minimum atomic E-state index is -4.60. The minimum absolute atomic E-state index is 0.00101. The maximum absolute atomic E-state index is 13.6. The average molecular weight is 498 g/mol. The van der Waals surface area contributed by atoms with E-state index >= 15 is 0 Å². The predicted molar refractivity (Wildman–Crippen MR) is 128 cm³/mol. The normalized spacial score (nSPS) is 11.5. The van der Waals surface area contributed by atoms with Gasteiger partial charge in [-0.05, 0) is 79.6 Å². The Bertz CT molecular complexity index is 1440. The number of anilines is 1. The van der Waals surface area contributed by atoms with Crippen molar-refractivity contribution in [2.75, 3.05) is 5.73 Å². The number of benzene rings is 3. The maximum Gasteiger partial charge on any atom is 0.416 e. The van der Waals surface area contributed by atoms with E-state index < -0.39 is 23.5 Å². The Morgan fingerprint density at radius 1 is 1.00 bits per heavy atom. The number of hydrogen-bond acceptors (Lipinski definition) is 3. The number of nitrogens with zero attached hydrogens (tertiary/aromatic N) is 1. The molecule has 5 nitrogen and oxygen atoms in total. The van der Waals surface area contributed by atoms with E-state index in [0.29, 0.717) is 28.2 Å². The van der Waals surface area contributed by atoms with Gasteiger partial charge in [0.05, 0.1) is 16.8 Å². The van der Waals surface area contributed by atoms with Crippen molar-refractivity contribution in [3.8, 4) is 22.7 Å². The molecule has 1 aromatic heterocycles. The van der Waals surface area contributed by atoms with Crippen molar-refractivity contribution < 1.29 is 32.2 Å². The monoisotopic (exact) mass is 498 g/mol. The Hall–Kier alpha value is -4.27. The third-order valence-corrected chi connectivity index (χ3v) is 5.89. The number of aromatic carboxylic acids is 1. The summed E-state index contributed by atoms with van der Waals surface area (Å²) >= 11 is 0. The molecule has 0 aliphatic rings. The van der Waals surface area contributed by atoms with Crippen LogP contribution >= 0.6 is 0 Å². The smallest absolute Gasteiger partial charge is 0.416 e. The fourth-order valence-electron chi connectivity index (χ4n) is 3.94. The summed E-state index contributed by atoms with van der Waals surface area (Å²) < 4.78 is 61.6. The first-order valence-corrected chi connectivity index (χ1v) is 10.9. The van der Waals surface area contributed by atoms with Crippen molar-refractivity contribution in [3.05, 3.63) is 100 Å². The van der Waals surface area contributed by atoms with Crippen molar-refractivity contribution in [2.45, 2.75) is 26.6 Å². The van der Waals surface area contributed by atoms with Crippen LogP contribution in [0, 0.1) is 19.7 Å². The van der Waals surface area contributed by atoms with E-state index in [0.717, 1.165) is 12.1 Å². The molecule has 9 heteroatoms. The standard InChI is InChI=1S/C27H22F4N2O3/c1-15-3-9-24(33(15)20-12-21(26(34)35)16(2)23(32)13-20)22-11-18(27(29,30)31)6-10-25(22)36-14-17-4-7-19(28)8-5-17/h3-13H,14,32H2,1-2H3,(H,34,35). The fraction of sp³-hybridized carbons (Fsp3) is 0.148. The summed E-state index contributed by atoms with van der Waals surface area (Å²) in [6.07, 6.45) is -4.60. The Labute approximate surface area is 204 Å². The van der Waals surface area contributed by atoms with E-state index in [-0.39, 0.29) is 29.2 Å². The molecule has 36 heavy (non-hydrogen) atoms. The lowest BCUT2D eigenvalue weighted by molar-refractivity contribution is -0.137. The molecule has 1 heterocycles. The number of aryl methyl sites for hydroxylation is 1. The number of carbonyl (C=O) groups is 1. The van der Waals surface area contributed by atoms with E-state index in [4.69, 9.17) is 10.5 Å². The number of ether oxygens (including phenoxy) is 1. The average Bonchev–Trinajstić information content (AvgIpc) is 3.20. The first kappa shape index (κ1) is 24.8. The van der Waals surface area contributed by atoms with Crippen LogP contribution in [0.3, 0.4) is 0 Å². The molecule has 4 aromatic rings. The van der Waals surface area contributed by atoms with E-state index in [2.05, 4.69) is 0 Å². The molecule has 0 unspecified atom stereocenters. The van der Waals surface area contributed by atoms with Crippen molar-refractivity contribution in [1.29, 1.82) is 0 Å².